The van der Waals surface area contributed by atoms with Crippen LogP contribution in [-0.4, -0.2) is 4.98 Å². The van der Waals surface area contributed by atoms with Crippen LogP contribution >= 0.6 is 11.3 Å². The van der Waals surface area contributed by atoms with E-state index in [-0.39, 0.29) is 0 Å². The molecule has 3 rings (SSSR count). The van der Waals surface area contributed by atoms with E-state index >= 15 is 0 Å². The van der Waals surface area contributed by atoms with E-state index in [1.807, 2.05) is 24.3 Å². The first-order chi connectivity index (χ1) is 9.35. The Morgan fingerprint density at radius 1 is 1.11 bits per heavy atom. The van der Waals surface area contributed by atoms with Crippen LogP contribution in [0.3, 0.4) is 0 Å². The molecule has 3 aromatic rings. The Kier molecular flexibility index (Phi) is 3.09. The number of pyridine rings is 1. The maximum absolute atomic E-state index is 8.86. The van der Waals surface area contributed by atoms with Gasteiger partial charge in [0.2, 0.25) is 0 Å². The van der Waals surface area contributed by atoms with Crippen LogP contribution in [0.4, 0.5) is 0 Å². The number of thiophene rings is 1. The third kappa shape index (κ3) is 2.54. The van der Waals surface area contributed by atoms with Crippen LogP contribution in [0.2, 0.25) is 0 Å². The smallest absolute Gasteiger partial charge is 0.123 e. The van der Waals surface area contributed by atoms with Crippen LogP contribution in [0.5, 0.6) is 0 Å². The SMILES string of the molecule is N#Cc1cnc2sc(/C=C/c3ccccc3)cc2c1. The highest BCUT2D eigenvalue weighted by Crippen LogP contribution is 2.25. The third-order valence-corrected chi connectivity index (χ3v) is 3.78. The summed E-state index contributed by atoms with van der Waals surface area (Å²) in [6.45, 7) is 0. The summed E-state index contributed by atoms with van der Waals surface area (Å²) >= 11 is 1.63. The van der Waals surface area contributed by atoms with Crippen molar-refractivity contribution in [3.63, 3.8) is 0 Å². The van der Waals surface area contributed by atoms with Gasteiger partial charge in [-0.15, -0.1) is 11.3 Å². The molecule has 0 aliphatic carbocycles. The van der Waals surface area contributed by atoms with Gasteiger partial charge in [0.05, 0.1) is 5.56 Å². The van der Waals surface area contributed by atoms with E-state index in [1.54, 1.807) is 17.5 Å². The topological polar surface area (TPSA) is 36.7 Å². The molecule has 2 nitrogen and oxygen atoms in total. The second kappa shape index (κ2) is 5.05. The van der Waals surface area contributed by atoms with Crippen LogP contribution in [0, 0.1) is 11.3 Å². The zero-order valence-electron chi connectivity index (χ0n) is 10.1. The molecule has 1 aromatic carbocycles. The van der Waals surface area contributed by atoms with Crippen LogP contribution in [0.15, 0.2) is 48.7 Å². The van der Waals surface area contributed by atoms with Crippen molar-refractivity contribution in [2.24, 2.45) is 0 Å². The molecular formula is C16H10N2S. The monoisotopic (exact) mass is 262 g/mol. The van der Waals surface area contributed by atoms with Gasteiger partial charge in [0, 0.05) is 16.5 Å². The predicted octanol–water partition coefficient (Wildman–Crippen LogP) is 4.34. The average molecular weight is 262 g/mol. The minimum absolute atomic E-state index is 0.601. The van der Waals surface area contributed by atoms with E-state index in [9.17, 15) is 0 Å². The molecule has 0 bridgehead atoms. The zero-order valence-corrected chi connectivity index (χ0v) is 10.9. The molecule has 90 valence electrons. The third-order valence-electron chi connectivity index (χ3n) is 2.76. The Bertz CT molecular complexity index is 779. The van der Waals surface area contributed by atoms with Crippen LogP contribution in [-0.2, 0) is 0 Å². The van der Waals surface area contributed by atoms with Crippen molar-refractivity contribution in [3.05, 3.63) is 64.7 Å². The highest BCUT2D eigenvalue weighted by Gasteiger charge is 2.01. The first kappa shape index (κ1) is 11.6. The van der Waals surface area contributed by atoms with E-state index in [1.165, 1.54) is 5.56 Å². The molecule has 0 aliphatic heterocycles. The molecule has 19 heavy (non-hydrogen) atoms. The van der Waals surface area contributed by atoms with Gasteiger partial charge in [-0.2, -0.15) is 5.26 Å². The molecule has 0 aliphatic rings. The molecule has 0 radical (unpaired) electrons. The number of fused-ring (bicyclic) bond motifs is 1. The molecule has 0 N–H and O–H groups in total. The predicted molar refractivity (Wildman–Crippen MR) is 79.7 cm³/mol. The van der Waals surface area contributed by atoms with Gasteiger partial charge in [-0.05, 0) is 23.8 Å². The number of hydrogen-bond donors (Lipinski definition) is 0. The molecule has 0 spiro atoms. The second-order valence-electron chi connectivity index (χ2n) is 4.12. The van der Waals surface area contributed by atoms with Gasteiger partial charge >= 0.3 is 0 Å². The van der Waals surface area contributed by atoms with E-state index in [4.69, 9.17) is 5.26 Å². The fourth-order valence-corrected chi connectivity index (χ4v) is 2.72. The summed E-state index contributed by atoms with van der Waals surface area (Å²) in [5.41, 5.74) is 1.77. The minimum Gasteiger partial charge on any atom is -0.244 e. The Morgan fingerprint density at radius 3 is 2.74 bits per heavy atom. The van der Waals surface area contributed by atoms with Crippen molar-refractivity contribution in [2.45, 2.75) is 0 Å². The summed E-state index contributed by atoms with van der Waals surface area (Å²) in [7, 11) is 0. The number of hydrogen-bond acceptors (Lipinski definition) is 3. The van der Waals surface area contributed by atoms with Crippen LogP contribution in [0.1, 0.15) is 16.0 Å². The average Bonchev–Trinajstić information content (AvgIpc) is 2.88. The van der Waals surface area contributed by atoms with Gasteiger partial charge in [0.15, 0.2) is 0 Å². The normalized spacial score (nSPS) is 10.9. The summed E-state index contributed by atoms with van der Waals surface area (Å²) in [4.78, 5) is 6.39. The maximum Gasteiger partial charge on any atom is 0.123 e. The summed E-state index contributed by atoms with van der Waals surface area (Å²) in [5.74, 6) is 0. The van der Waals surface area contributed by atoms with E-state index < -0.39 is 0 Å². The van der Waals surface area contributed by atoms with E-state index in [0.717, 1.165) is 15.1 Å². The molecule has 0 atom stereocenters. The number of rotatable bonds is 2. The lowest BCUT2D eigenvalue weighted by molar-refractivity contribution is 1.39. The standard InChI is InChI=1S/C16H10N2S/c17-10-13-8-14-9-15(19-16(14)18-11-13)7-6-12-4-2-1-3-5-12/h1-9,11H/b7-6+. The Morgan fingerprint density at radius 2 is 1.95 bits per heavy atom. The Labute approximate surface area is 115 Å². The van der Waals surface area contributed by atoms with Crippen molar-refractivity contribution in [3.8, 4) is 6.07 Å². The molecule has 0 amide bonds. The highest BCUT2D eigenvalue weighted by atomic mass is 32.1. The van der Waals surface area contributed by atoms with Crippen molar-refractivity contribution in [1.82, 2.24) is 4.98 Å². The first-order valence-corrected chi connectivity index (χ1v) is 6.69. The zero-order chi connectivity index (χ0) is 13.1. The molecule has 2 heterocycles. The van der Waals surface area contributed by atoms with Gasteiger partial charge in [-0.1, -0.05) is 36.4 Å². The summed E-state index contributed by atoms with van der Waals surface area (Å²) in [6.07, 6.45) is 5.77. The molecule has 0 saturated carbocycles. The summed E-state index contributed by atoms with van der Waals surface area (Å²) < 4.78 is 0. The molecule has 0 fully saturated rings. The maximum atomic E-state index is 8.86. The van der Waals surface area contributed by atoms with Crippen molar-refractivity contribution in [1.29, 1.82) is 5.26 Å². The second-order valence-corrected chi connectivity index (χ2v) is 5.19. The van der Waals surface area contributed by atoms with Crippen LogP contribution < -0.4 is 0 Å². The molecule has 3 heteroatoms. The molecular weight excluding hydrogens is 252 g/mol. The van der Waals surface area contributed by atoms with Gasteiger partial charge < -0.3 is 0 Å². The lowest BCUT2D eigenvalue weighted by atomic mass is 10.2. The van der Waals surface area contributed by atoms with E-state index in [0.29, 0.717) is 5.56 Å². The molecule has 2 aromatic heterocycles. The quantitative estimate of drug-likeness (QED) is 0.689. The van der Waals surface area contributed by atoms with E-state index in [2.05, 4.69) is 41.4 Å². The Balaban J connectivity index is 1.94. The Hall–Kier alpha value is -2.44. The first-order valence-electron chi connectivity index (χ1n) is 5.88. The fraction of sp³-hybridized carbons (Fsp3) is 0. The van der Waals surface area contributed by atoms with Crippen LogP contribution in [0.25, 0.3) is 22.4 Å². The minimum atomic E-state index is 0.601. The molecule has 0 saturated heterocycles. The number of benzene rings is 1. The van der Waals surface area contributed by atoms with Gasteiger partial charge in [-0.25, -0.2) is 4.98 Å². The van der Waals surface area contributed by atoms with Gasteiger partial charge in [0.25, 0.3) is 0 Å². The molecule has 0 unspecified atom stereocenters. The number of nitrogens with zero attached hydrogens (tertiary/aromatic N) is 2. The highest BCUT2D eigenvalue weighted by molar-refractivity contribution is 7.19. The largest absolute Gasteiger partial charge is 0.244 e. The number of nitriles is 1. The fourth-order valence-electron chi connectivity index (χ4n) is 1.84. The summed E-state index contributed by atoms with van der Waals surface area (Å²) in [5, 5.41) is 9.88. The van der Waals surface area contributed by atoms with Gasteiger partial charge in [0.1, 0.15) is 10.9 Å². The number of aromatic nitrogens is 1. The lowest BCUT2D eigenvalue weighted by Crippen LogP contribution is -1.75. The summed E-state index contributed by atoms with van der Waals surface area (Å²) in [6, 6.07) is 16.2. The van der Waals surface area contributed by atoms with Crippen molar-refractivity contribution in [2.75, 3.05) is 0 Å². The van der Waals surface area contributed by atoms with Gasteiger partial charge in [-0.3, -0.25) is 0 Å². The van der Waals surface area contributed by atoms with Crippen molar-refractivity contribution < 1.29 is 0 Å². The lowest BCUT2D eigenvalue weighted by Gasteiger charge is -1.89. The van der Waals surface area contributed by atoms with Crippen molar-refractivity contribution >= 4 is 33.7 Å².